The molecule has 0 bridgehead atoms. The molecular weight excluding hydrogens is 300 g/mol. The molecule has 0 saturated heterocycles. The molecule has 0 aromatic heterocycles. The fourth-order valence-corrected chi connectivity index (χ4v) is 7.35. The standard InChI is InChI=1S/C21H30O3/c1-12(22)16-6-7-17-15-5-4-13-10-14(23)8-9-20(13,2)19(15)18(24)11-21(16,17)3/h10,15-19,24H,4-9,11H2,1-3H3/t15-,16+,17-,18-,19+,20+,21-/m1/s1. The van der Waals surface area contributed by atoms with E-state index in [1.54, 1.807) is 6.92 Å². The molecule has 4 aliphatic rings. The summed E-state index contributed by atoms with van der Waals surface area (Å²) in [4.78, 5) is 24.0. The molecule has 0 heterocycles. The van der Waals surface area contributed by atoms with E-state index >= 15 is 0 Å². The van der Waals surface area contributed by atoms with E-state index in [0.29, 0.717) is 24.0 Å². The first-order valence-corrected chi connectivity index (χ1v) is 9.70. The first kappa shape index (κ1) is 16.5. The van der Waals surface area contributed by atoms with E-state index in [0.717, 1.165) is 38.5 Å². The van der Waals surface area contributed by atoms with Crippen molar-refractivity contribution in [1.82, 2.24) is 0 Å². The summed E-state index contributed by atoms with van der Waals surface area (Å²) in [5.74, 6) is 1.99. The van der Waals surface area contributed by atoms with Crippen molar-refractivity contribution in [2.45, 2.75) is 71.8 Å². The lowest BCUT2D eigenvalue weighted by Crippen LogP contribution is -2.56. The fourth-order valence-electron chi connectivity index (χ4n) is 7.35. The summed E-state index contributed by atoms with van der Waals surface area (Å²) >= 11 is 0. The highest BCUT2D eigenvalue weighted by molar-refractivity contribution is 5.91. The van der Waals surface area contributed by atoms with E-state index < -0.39 is 0 Å². The average molecular weight is 330 g/mol. The van der Waals surface area contributed by atoms with Gasteiger partial charge >= 0.3 is 0 Å². The molecule has 3 heteroatoms. The number of rotatable bonds is 1. The van der Waals surface area contributed by atoms with Crippen LogP contribution in [-0.2, 0) is 9.59 Å². The van der Waals surface area contributed by atoms with Gasteiger partial charge in [0.15, 0.2) is 5.78 Å². The Hall–Kier alpha value is -0.960. The molecule has 0 spiro atoms. The van der Waals surface area contributed by atoms with Crippen molar-refractivity contribution >= 4 is 11.6 Å². The van der Waals surface area contributed by atoms with Crippen LogP contribution >= 0.6 is 0 Å². The number of aliphatic hydroxyl groups is 1. The molecule has 1 N–H and O–H groups in total. The van der Waals surface area contributed by atoms with Gasteiger partial charge in [-0.1, -0.05) is 19.4 Å². The van der Waals surface area contributed by atoms with Gasteiger partial charge in [-0.3, -0.25) is 9.59 Å². The first-order chi connectivity index (χ1) is 11.3. The van der Waals surface area contributed by atoms with E-state index in [-0.39, 0.29) is 34.6 Å². The van der Waals surface area contributed by atoms with Crippen LogP contribution in [0, 0.1) is 34.5 Å². The predicted molar refractivity (Wildman–Crippen MR) is 92.3 cm³/mol. The summed E-state index contributed by atoms with van der Waals surface area (Å²) in [6.07, 6.45) is 7.97. The third-order valence-electron chi connectivity index (χ3n) is 8.38. The second-order valence-corrected chi connectivity index (χ2v) is 9.41. The zero-order chi connectivity index (χ0) is 17.3. The van der Waals surface area contributed by atoms with Gasteiger partial charge < -0.3 is 5.11 Å². The van der Waals surface area contributed by atoms with E-state index in [1.165, 1.54) is 5.57 Å². The largest absolute Gasteiger partial charge is 0.393 e. The van der Waals surface area contributed by atoms with Crippen molar-refractivity contribution in [1.29, 1.82) is 0 Å². The van der Waals surface area contributed by atoms with Gasteiger partial charge in [0.2, 0.25) is 0 Å². The summed E-state index contributed by atoms with van der Waals surface area (Å²) in [5, 5.41) is 11.2. The highest BCUT2D eigenvalue weighted by Gasteiger charge is 2.62. The summed E-state index contributed by atoms with van der Waals surface area (Å²) in [6, 6.07) is 0. The summed E-state index contributed by atoms with van der Waals surface area (Å²) in [5.41, 5.74) is 1.23. The zero-order valence-electron chi connectivity index (χ0n) is 15.2. The smallest absolute Gasteiger partial charge is 0.155 e. The molecule has 4 rings (SSSR count). The van der Waals surface area contributed by atoms with Crippen LogP contribution in [0.25, 0.3) is 0 Å². The van der Waals surface area contributed by atoms with Gasteiger partial charge in [0.05, 0.1) is 6.10 Å². The Morgan fingerprint density at radius 3 is 2.67 bits per heavy atom. The normalized spacial score (nSPS) is 50.6. The van der Waals surface area contributed by atoms with Crippen molar-refractivity contribution in [2.24, 2.45) is 34.5 Å². The minimum Gasteiger partial charge on any atom is -0.393 e. The van der Waals surface area contributed by atoms with Crippen LogP contribution in [0.1, 0.15) is 65.7 Å². The third-order valence-corrected chi connectivity index (χ3v) is 8.38. The van der Waals surface area contributed by atoms with Crippen LogP contribution < -0.4 is 0 Å². The molecule has 3 saturated carbocycles. The van der Waals surface area contributed by atoms with Gasteiger partial charge in [-0.2, -0.15) is 0 Å². The molecule has 0 aliphatic heterocycles. The lowest BCUT2D eigenvalue weighted by molar-refractivity contribution is -0.143. The average Bonchev–Trinajstić information content (AvgIpc) is 2.84. The Kier molecular flexibility index (Phi) is 3.62. The van der Waals surface area contributed by atoms with Crippen molar-refractivity contribution in [3.05, 3.63) is 11.6 Å². The molecule has 3 nitrogen and oxygen atoms in total. The number of hydrogen-bond acceptors (Lipinski definition) is 3. The minimum absolute atomic E-state index is 0.0219. The monoisotopic (exact) mass is 330 g/mol. The number of Topliss-reactive ketones (excluding diaryl/α,β-unsaturated/α-hetero) is 1. The lowest BCUT2D eigenvalue weighted by atomic mass is 9.46. The highest BCUT2D eigenvalue weighted by Crippen LogP contribution is 2.66. The second kappa shape index (κ2) is 5.27. The number of hydrogen-bond donors (Lipinski definition) is 1. The molecule has 0 unspecified atom stereocenters. The Bertz CT molecular complexity index is 621. The van der Waals surface area contributed by atoms with Crippen molar-refractivity contribution in [3.8, 4) is 0 Å². The molecular formula is C21H30O3. The Balaban J connectivity index is 1.72. The Morgan fingerprint density at radius 1 is 1.21 bits per heavy atom. The molecule has 4 aliphatic carbocycles. The predicted octanol–water partition coefficient (Wildman–Crippen LogP) is 3.69. The van der Waals surface area contributed by atoms with Gasteiger partial charge in [-0.15, -0.1) is 0 Å². The number of allylic oxidation sites excluding steroid dienone is 1. The van der Waals surface area contributed by atoms with Gasteiger partial charge in [0.1, 0.15) is 5.78 Å². The van der Waals surface area contributed by atoms with E-state index in [1.807, 2.05) is 6.08 Å². The molecule has 24 heavy (non-hydrogen) atoms. The first-order valence-electron chi connectivity index (χ1n) is 9.70. The van der Waals surface area contributed by atoms with Crippen LogP contribution in [0.5, 0.6) is 0 Å². The van der Waals surface area contributed by atoms with Gasteiger partial charge in [0, 0.05) is 12.3 Å². The van der Waals surface area contributed by atoms with Crippen LogP contribution in [0.4, 0.5) is 0 Å². The van der Waals surface area contributed by atoms with Crippen LogP contribution in [-0.4, -0.2) is 22.8 Å². The Labute approximate surface area is 144 Å². The van der Waals surface area contributed by atoms with Gasteiger partial charge in [0.25, 0.3) is 0 Å². The maximum atomic E-state index is 12.2. The molecule has 3 fully saturated rings. The van der Waals surface area contributed by atoms with E-state index in [9.17, 15) is 14.7 Å². The summed E-state index contributed by atoms with van der Waals surface area (Å²) in [6.45, 7) is 6.27. The quantitative estimate of drug-likeness (QED) is 0.797. The van der Waals surface area contributed by atoms with Crippen LogP contribution in [0.15, 0.2) is 11.6 Å². The SMILES string of the molecule is CC(=O)[C@@H]1CC[C@@H]2[C@H]3CCC4=CC(=O)CC[C@]4(C)[C@@H]3[C@H](O)C[C@@]21C. The molecule has 0 radical (unpaired) electrons. The van der Waals surface area contributed by atoms with E-state index in [2.05, 4.69) is 13.8 Å². The lowest BCUT2D eigenvalue weighted by Gasteiger charge is -2.59. The van der Waals surface area contributed by atoms with Crippen molar-refractivity contribution < 1.29 is 14.7 Å². The number of carbonyl (C=O) groups is 2. The zero-order valence-corrected chi connectivity index (χ0v) is 15.2. The molecule has 0 aromatic carbocycles. The van der Waals surface area contributed by atoms with Gasteiger partial charge in [-0.05, 0) is 80.1 Å². The topological polar surface area (TPSA) is 54.4 Å². The molecule has 7 atom stereocenters. The molecule has 0 aromatic rings. The minimum atomic E-state index is -0.349. The summed E-state index contributed by atoms with van der Waals surface area (Å²) in [7, 11) is 0. The number of ketones is 2. The third kappa shape index (κ3) is 2.06. The van der Waals surface area contributed by atoms with Crippen molar-refractivity contribution in [2.75, 3.05) is 0 Å². The van der Waals surface area contributed by atoms with Crippen molar-refractivity contribution in [3.63, 3.8) is 0 Å². The Morgan fingerprint density at radius 2 is 1.96 bits per heavy atom. The maximum Gasteiger partial charge on any atom is 0.155 e. The number of aliphatic hydroxyl groups excluding tert-OH is 1. The van der Waals surface area contributed by atoms with Gasteiger partial charge in [-0.25, -0.2) is 0 Å². The number of fused-ring (bicyclic) bond motifs is 5. The second-order valence-electron chi connectivity index (χ2n) is 9.41. The number of carbonyl (C=O) groups excluding carboxylic acids is 2. The summed E-state index contributed by atoms with van der Waals surface area (Å²) < 4.78 is 0. The fraction of sp³-hybridized carbons (Fsp3) is 0.810. The highest BCUT2D eigenvalue weighted by atomic mass is 16.3. The molecule has 0 amide bonds. The van der Waals surface area contributed by atoms with Crippen LogP contribution in [0.2, 0.25) is 0 Å². The van der Waals surface area contributed by atoms with E-state index in [4.69, 9.17) is 0 Å². The molecule has 132 valence electrons. The maximum absolute atomic E-state index is 12.2. The van der Waals surface area contributed by atoms with Crippen LogP contribution in [0.3, 0.4) is 0 Å².